The molecule has 1 aliphatic rings. The summed E-state index contributed by atoms with van der Waals surface area (Å²) in [4.78, 5) is 0. The summed E-state index contributed by atoms with van der Waals surface area (Å²) < 4.78 is 6.43. The highest BCUT2D eigenvalue weighted by Gasteiger charge is 2.39. The summed E-state index contributed by atoms with van der Waals surface area (Å²) in [7, 11) is -1.54. The van der Waals surface area contributed by atoms with E-state index in [-0.39, 0.29) is 0 Å². The van der Waals surface area contributed by atoms with Crippen molar-refractivity contribution in [2.24, 2.45) is 5.92 Å². The van der Waals surface area contributed by atoms with Gasteiger partial charge in [0.25, 0.3) is 0 Å². The molecule has 0 aromatic carbocycles. The first-order valence-electron chi connectivity index (χ1n) is 6.42. The van der Waals surface area contributed by atoms with Crippen molar-refractivity contribution in [2.75, 3.05) is 0 Å². The predicted octanol–water partition coefficient (Wildman–Crippen LogP) is 4.59. The van der Waals surface area contributed by atoms with Gasteiger partial charge in [-0.1, -0.05) is 33.6 Å². The average Bonchev–Trinajstić information content (AvgIpc) is 2.51. The van der Waals surface area contributed by atoms with Crippen LogP contribution in [0.2, 0.25) is 18.1 Å². The lowest BCUT2D eigenvalue weighted by molar-refractivity contribution is 0.137. The molecule has 0 heterocycles. The summed E-state index contributed by atoms with van der Waals surface area (Å²) in [5.74, 6) is 0.833. The molecular formula is C13H28OSi. The zero-order chi connectivity index (χ0) is 11.7. The van der Waals surface area contributed by atoms with Crippen LogP contribution in [0, 0.1) is 5.92 Å². The lowest BCUT2D eigenvalue weighted by Gasteiger charge is -2.39. The van der Waals surface area contributed by atoms with Gasteiger partial charge in [-0.05, 0) is 43.8 Å². The first kappa shape index (κ1) is 13.2. The van der Waals surface area contributed by atoms with Gasteiger partial charge in [-0.15, -0.1) is 0 Å². The van der Waals surface area contributed by atoms with Gasteiger partial charge in [0, 0.05) is 6.10 Å². The molecule has 1 nitrogen and oxygen atoms in total. The van der Waals surface area contributed by atoms with E-state index in [1.54, 1.807) is 0 Å². The highest BCUT2D eigenvalue weighted by Crippen LogP contribution is 2.39. The summed E-state index contributed by atoms with van der Waals surface area (Å²) >= 11 is 0. The number of rotatable bonds is 3. The Balaban J connectivity index is 2.52. The Kier molecular flexibility index (Phi) is 4.05. The average molecular weight is 228 g/mol. The van der Waals surface area contributed by atoms with Crippen molar-refractivity contribution in [1.82, 2.24) is 0 Å². The summed E-state index contributed by atoms with van der Waals surface area (Å²) in [6.07, 6.45) is 6.07. The van der Waals surface area contributed by atoms with Crippen LogP contribution >= 0.6 is 0 Å². The Hall–Kier alpha value is 0.177. The minimum atomic E-state index is -1.54. The Morgan fingerprint density at radius 2 is 1.60 bits per heavy atom. The molecule has 0 saturated heterocycles. The maximum atomic E-state index is 6.43. The van der Waals surface area contributed by atoms with Crippen molar-refractivity contribution >= 4 is 8.32 Å². The minimum Gasteiger partial charge on any atom is -0.414 e. The highest BCUT2D eigenvalue weighted by molar-refractivity contribution is 6.74. The lowest BCUT2D eigenvalue weighted by Crippen LogP contribution is -2.44. The number of hydrogen-bond acceptors (Lipinski definition) is 1. The summed E-state index contributed by atoms with van der Waals surface area (Å²) in [5.41, 5.74) is 0. The quantitative estimate of drug-likeness (QED) is 0.642. The van der Waals surface area contributed by atoms with Crippen molar-refractivity contribution in [3.05, 3.63) is 0 Å². The Labute approximate surface area is 96.7 Å². The van der Waals surface area contributed by atoms with Crippen molar-refractivity contribution < 1.29 is 4.43 Å². The zero-order valence-corrected chi connectivity index (χ0v) is 12.4. The number of hydrogen-bond donors (Lipinski definition) is 0. The molecule has 1 saturated carbocycles. The molecule has 1 rings (SSSR count). The van der Waals surface area contributed by atoms with Crippen molar-refractivity contribution in [3.63, 3.8) is 0 Å². The normalized spacial score (nSPS) is 22.0. The molecule has 0 spiro atoms. The Morgan fingerprint density at radius 1 is 1.13 bits per heavy atom. The van der Waals surface area contributed by atoms with Crippen LogP contribution in [0.15, 0.2) is 0 Å². The van der Waals surface area contributed by atoms with Crippen LogP contribution in [0.3, 0.4) is 0 Å². The smallest absolute Gasteiger partial charge is 0.192 e. The summed E-state index contributed by atoms with van der Waals surface area (Å²) in [5, 5.41) is 0.347. The first-order valence-corrected chi connectivity index (χ1v) is 9.33. The second-order valence-corrected chi connectivity index (χ2v) is 11.4. The summed E-state index contributed by atoms with van der Waals surface area (Å²) in [6, 6.07) is 0. The molecule has 90 valence electrons. The fourth-order valence-electron chi connectivity index (χ4n) is 2.16. The summed E-state index contributed by atoms with van der Waals surface area (Å²) in [6.45, 7) is 14.0. The van der Waals surface area contributed by atoms with E-state index in [0.717, 1.165) is 5.92 Å². The van der Waals surface area contributed by atoms with E-state index in [1.165, 1.54) is 25.7 Å². The van der Waals surface area contributed by atoms with Crippen LogP contribution < -0.4 is 0 Å². The molecule has 1 unspecified atom stereocenters. The fraction of sp³-hybridized carbons (Fsp3) is 1.00. The third kappa shape index (κ3) is 3.32. The Bertz CT molecular complexity index is 199. The van der Waals surface area contributed by atoms with Crippen LogP contribution in [0.1, 0.15) is 53.4 Å². The van der Waals surface area contributed by atoms with E-state index < -0.39 is 8.32 Å². The fourth-order valence-corrected chi connectivity index (χ4v) is 3.64. The van der Waals surface area contributed by atoms with E-state index in [4.69, 9.17) is 4.43 Å². The van der Waals surface area contributed by atoms with E-state index in [0.29, 0.717) is 11.1 Å². The SMILES string of the molecule is CC(O[Si](C)(C)C(C)(C)C)C1CCCC1. The molecular weight excluding hydrogens is 200 g/mol. The van der Waals surface area contributed by atoms with Gasteiger partial charge < -0.3 is 4.43 Å². The van der Waals surface area contributed by atoms with E-state index in [1.807, 2.05) is 0 Å². The second kappa shape index (κ2) is 4.58. The lowest BCUT2D eigenvalue weighted by atomic mass is 10.0. The van der Waals surface area contributed by atoms with Crippen molar-refractivity contribution in [2.45, 2.75) is 77.6 Å². The topological polar surface area (TPSA) is 9.23 Å². The van der Waals surface area contributed by atoms with Gasteiger partial charge in [0.2, 0.25) is 0 Å². The molecule has 1 fully saturated rings. The van der Waals surface area contributed by atoms with Crippen molar-refractivity contribution in [1.29, 1.82) is 0 Å². The monoisotopic (exact) mass is 228 g/mol. The molecule has 15 heavy (non-hydrogen) atoms. The molecule has 0 aromatic rings. The van der Waals surface area contributed by atoms with Crippen LogP contribution in [-0.2, 0) is 4.43 Å². The van der Waals surface area contributed by atoms with E-state index in [2.05, 4.69) is 40.8 Å². The van der Waals surface area contributed by atoms with Gasteiger partial charge in [-0.3, -0.25) is 0 Å². The van der Waals surface area contributed by atoms with Gasteiger partial charge in [-0.2, -0.15) is 0 Å². The maximum absolute atomic E-state index is 6.43. The first-order chi connectivity index (χ1) is 6.74. The Morgan fingerprint density at radius 3 is 2.00 bits per heavy atom. The maximum Gasteiger partial charge on any atom is 0.192 e. The molecule has 1 atom stereocenters. The molecule has 2 heteroatoms. The molecule has 0 radical (unpaired) electrons. The molecule has 0 amide bonds. The van der Waals surface area contributed by atoms with Gasteiger partial charge >= 0.3 is 0 Å². The molecule has 0 N–H and O–H groups in total. The molecule has 1 aliphatic carbocycles. The largest absolute Gasteiger partial charge is 0.414 e. The standard InChI is InChI=1S/C13H28OSi/c1-11(12-9-7-8-10-12)14-15(5,6)13(2,3)4/h11-12H,7-10H2,1-6H3. The van der Waals surface area contributed by atoms with Crippen LogP contribution in [0.5, 0.6) is 0 Å². The van der Waals surface area contributed by atoms with Gasteiger partial charge in [-0.25, -0.2) is 0 Å². The molecule has 0 bridgehead atoms. The zero-order valence-electron chi connectivity index (χ0n) is 11.4. The van der Waals surface area contributed by atoms with Crippen LogP contribution in [0.4, 0.5) is 0 Å². The molecule has 0 aliphatic heterocycles. The van der Waals surface area contributed by atoms with E-state index >= 15 is 0 Å². The van der Waals surface area contributed by atoms with E-state index in [9.17, 15) is 0 Å². The third-order valence-corrected chi connectivity index (χ3v) is 8.92. The second-order valence-electron chi connectivity index (χ2n) is 6.63. The van der Waals surface area contributed by atoms with Gasteiger partial charge in [0.05, 0.1) is 0 Å². The highest BCUT2D eigenvalue weighted by atomic mass is 28.4. The third-order valence-electron chi connectivity index (χ3n) is 4.35. The van der Waals surface area contributed by atoms with Crippen molar-refractivity contribution in [3.8, 4) is 0 Å². The minimum absolute atomic E-state index is 0.347. The predicted molar refractivity (Wildman–Crippen MR) is 69.7 cm³/mol. The van der Waals surface area contributed by atoms with Crippen LogP contribution in [-0.4, -0.2) is 14.4 Å². The molecule has 0 aromatic heterocycles. The van der Waals surface area contributed by atoms with Gasteiger partial charge in [0.15, 0.2) is 8.32 Å². The van der Waals surface area contributed by atoms with Gasteiger partial charge in [0.1, 0.15) is 0 Å². The van der Waals surface area contributed by atoms with Crippen LogP contribution in [0.25, 0.3) is 0 Å².